The number of anilines is 1. The number of rotatable bonds is 6. The van der Waals surface area contributed by atoms with Gasteiger partial charge >= 0.3 is 0 Å². The maximum absolute atomic E-state index is 5.73. The summed E-state index contributed by atoms with van der Waals surface area (Å²) in [5.74, 6) is 0.820. The molecule has 1 saturated carbocycles. The molecule has 0 amide bonds. The summed E-state index contributed by atoms with van der Waals surface area (Å²) in [7, 11) is 0. The van der Waals surface area contributed by atoms with Crippen LogP contribution in [0.1, 0.15) is 32.1 Å². The van der Waals surface area contributed by atoms with E-state index in [4.69, 9.17) is 4.74 Å². The molecule has 94 valence electrons. The quantitative estimate of drug-likeness (QED) is 0.756. The van der Waals surface area contributed by atoms with Crippen molar-refractivity contribution < 1.29 is 4.74 Å². The SMILES string of the molecule is c1ccc(NCCOCC2CCCCC2)cc1. The van der Waals surface area contributed by atoms with Gasteiger partial charge in [0, 0.05) is 18.8 Å². The van der Waals surface area contributed by atoms with Gasteiger partial charge in [-0.1, -0.05) is 37.5 Å². The highest BCUT2D eigenvalue weighted by Gasteiger charge is 2.12. The molecule has 1 aromatic rings. The van der Waals surface area contributed by atoms with Gasteiger partial charge in [0.2, 0.25) is 0 Å². The average molecular weight is 233 g/mol. The molecule has 1 aliphatic rings. The Labute approximate surface area is 104 Å². The highest BCUT2D eigenvalue weighted by molar-refractivity contribution is 5.42. The van der Waals surface area contributed by atoms with Gasteiger partial charge in [-0.2, -0.15) is 0 Å². The van der Waals surface area contributed by atoms with Crippen LogP contribution >= 0.6 is 0 Å². The number of hydrogen-bond donors (Lipinski definition) is 1. The van der Waals surface area contributed by atoms with Crippen molar-refractivity contribution in [2.75, 3.05) is 25.1 Å². The molecule has 2 nitrogen and oxygen atoms in total. The zero-order chi connectivity index (χ0) is 11.8. The average Bonchev–Trinajstić information content (AvgIpc) is 2.41. The fourth-order valence-electron chi connectivity index (χ4n) is 2.43. The lowest BCUT2D eigenvalue weighted by molar-refractivity contribution is 0.0924. The summed E-state index contributed by atoms with van der Waals surface area (Å²) in [6, 6.07) is 10.3. The molecular formula is C15H23NO. The van der Waals surface area contributed by atoms with Crippen molar-refractivity contribution in [3.63, 3.8) is 0 Å². The van der Waals surface area contributed by atoms with Crippen molar-refractivity contribution in [2.45, 2.75) is 32.1 Å². The van der Waals surface area contributed by atoms with Gasteiger partial charge in [0.1, 0.15) is 0 Å². The van der Waals surface area contributed by atoms with Crippen LogP contribution in [-0.4, -0.2) is 19.8 Å². The zero-order valence-corrected chi connectivity index (χ0v) is 10.5. The third-order valence-electron chi connectivity index (χ3n) is 3.43. The summed E-state index contributed by atoms with van der Waals surface area (Å²) in [5.41, 5.74) is 1.17. The van der Waals surface area contributed by atoms with Crippen LogP contribution < -0.4 is 5.32 Å². The van der Waals surface area contributed by atoms with Gasteiger partial charge in [-0.3, -0.25) is 0 Å². The van der Waals surface area contributed by atoms with E-state index in [0.29, 0.717) is 0 Å². The van der Waals surface area contributed by atoms with Crippen molar-refractivity contribution in [3.8, 4) is 0 Å². The minimum absolute atomic E-state index is 0.811. The monoisotopic (exact) mass is 233 g/mol. The van der Waals surface area contributed by atoms with Crippen molar-refractivity contribution in [1.29, 1.82) is 0 Å². The van der Waals surface area contributed by atoms with Gasteiger partial charge in [0.15, 0.2) is 0 Å². The first kappa shape index (κ1) is 12.4. The van der Waals surface area contributed by atoms with Crippen LogP contribution in [0.15, 0.2) is 30.3 Å². The van der Waals surface area contributed by atoms with E-state index in [1.165, 1.54) is 37.8 Å². The molecule has 0 unspecified atom stereocenters. The molecule has 0 saturated heterocycles. The second kappa shape index (κ2) is 7.33. The largest absolute Gasteiger partial charge is 0.383 e. The predicted molar refractivity (Wildman–Crippen MR) is 72.3 cm³/mol. The summed E-state index contributed by atoms with van der Waals surface area (Å²) in [6.45, 7) is 2.67. The van der Waals surface area contributed by atoms with E-state index in [0.717, 1.165) is 25.7 Å². The first-order chi connectivity index (χ1) is 8.45. The molecule has 0 heterocycles. The summed E-state index contributed by atoms with van der Waals surface area (Å²) >= 11 is 0. The fraction of sp³-hybridized carbons (Fsp3) is 0.600. The minimum Gasteiger partial charge on any atom is -0.383 e. The molecule has 2 rings (SSSR count). The van der Waals surface area contributed by atoms with E-state index in [2.05, 4.69) is 17.4 Å². The fourth-order valence-corrected chi connectivity index (χ4v) is 2.43. The van der Waals surface area contributed by atoms with Crippen LogP contribution in [0.4, 0.5) is 5.69 Å². The molecule has 0 radical (unpaired) electrons. The number of para-hydroxylation sites is 1. The van der Waals surface area contributed by atoms with Crippen molar-refractivity contribution in [2.24, 2.45) is 5.92 Å². The molecule has 1 N–H and O–H groups in total. The van der Waals surface area contributed by atoms with Gasteiger partial charge < -0.3 is 10.1 Å². The lowest BCUT2D eigenvalue weighted by Crippen LogP contribution is -2.16. The Hall–Kier alpha value is -1.02. The Balaban J connectivity index is 1.51. The van der Waals surface area contributed by atoms with E-state index in [1.54, 1.807) is 0 Å². The summed E-state index contributed by atoms with van der Waals surface area (Å²) < 4.78 is 5.73. The van der Waals surface area contributed by atoms with Crippen LogP contribution in [0.5, 0.6) is 0 Å². The van der Waals surface area contributed by atoms with E-state index in [1.807, 2.05) is 18.2 Å². The standard InChI is InChI=1S/C15H23NO/c1-3-7-14(8-4-1)13-17-12-11-16-15-9-5-2-6-10-15/h2,5-6,9-10,14,16H,1,3-4,7-8,11-13H2. The van der Waals surface area contributed by atoms with Gasteiger partial charge in [0.25, 0.3) is 0 Å². The number of hydrogen-bond acceptors (Lipinski definition) is 2. The van der Waals surface area contributed by atoms with Crippen molar-refractivity contribution in [3.05, 3.63) is 30.3 Å². The van der Waals surface area contributed by atoms with Crippen LogP contribution in [0.3, 0.4) is 0 Å². The number of ether oxygens (including phenoxy) is 1. The highest BCUT2D eigenvalue weighted by atomic mass is 16.5. The Kier molecular flexibility index (Phi) is 5.37. The summed E-state index contributed by atoms with van der Waals surface area (Å²) in [6.07, 6.45) is 6.96. The molecule has 0 atom stereocenters. The topological polar surface area (TPSA) is 21.3 Å². The maximum Gasteiger partial charge on any atom is 0.0639 e. The summed E-state index contributed by atoms with van der Waals surface area (Å²) in [5, 5.41) is 3.36. The Morgan fingerprint density at radius 1 is 1.06 bits per heavy atom. The molecule has 1 aromatic carbocycles. The molecule has 1 fully saturated rings. The molecule has 0 aliphatic heterocycles. The Morgan fingerprint density at radius 2 is 1.82 bits per heavy atom. The van der Waals surface area contributed by atoms with E-state index < -0.39 is 0 Å². The van der Waals surface area contributed by atoms with Gasteiger partial charge in [-0.15, -0.1) is 0 Å². The lowest BCUT2D eigenvalue weighted by atomic mass is 9.90. The molecule has 0 spiro atoms. The molecule has 0 bridgehead atoms. The Morgan fingerprint density at radius 3 is 2.59 bits per heavy atom. The summed E-state index contributed by atoms with van der Waals surface area (Å²) in [4.78, 5) is 0. The predicted octanol–water partition coefficient (Wildman–Crippen LogP) is 3.70. The van der Waals surface area contributed by atoms with Gasteiger partial charge in [0.05, 0.1) is 6.61 Å². The lowest BCUT2D eigenvalue weighted by Gasteiger charge is -2.21. The van der Waals surface area contributed by atoms with E-state index >= 15 is 0 Å². The maximum atomic E-state index is 5.73. The normalized spacial score (nSPS) is 16.9. The van der Waals surface area contributed by atoms with Crippen LogP contribution in [0.25, 0.3) is 0 Å². The van der Waals surface area contributed by atoms with E-state index in [-0.39, 0.29) is 0 Å². The van der Waals surface area contributed by atoms with Crippen LogP contribution in [0, 0.1) is 5.92 Å². The molecule has 0 aromatic heterocycles. The van der Waals surface area contributed by atoms with Crippen molar-refractivity contribution in [1.82, 2.24) is 0 Å². The zero-order valence-electron chi connectivity index (χ0n) is 10.5. The first-order valence-electron chi connectivity index (χ1n) is 6.82. The second-order valence-electron chi connectivity index (χ2n) is 4.87. The molecule has 2 heteroatoms. The number of nitrogens with one attached hydrogen (secondary N) is 1. The van der Waals surface area contributed by atoms with Gasteiger partial charge in [-0.25, -0.2) is 0 Å². The second-order valence-corrected chi connectivity index (χ2v) is 4.87. The highest BCUT2D eigenvalue weighted by Crippen LogP contribution is 2.23. The van der Waals surface area contributed by atoms with Crippen molar-refractivity contribution >= 4 is 5.69 Å². The van der Waals surface area contributed by atoms with Crippen LogP contribution in [0.2, 0.25) is 0 Å². The first-order valence-corrected chi connectivity index (χ1v) is 6.82. The Bertz CT molecular complexity index is 293. The third-order valence-corrected chi connectivity index (χ3v) is 3.43. The third kappa shape index (κ3) is 4.78. The molecular weight excluding hydrogens is 210 g/mol. The van der Waals surface area contributed by atoms with Gasteiger partial charge in [-0.05, 0) is 30.9 Å². The molecule has 1 aliphatic carbocycles. The molecule has 17 heavy (non-hydrogen) atoms. The smallest absolute Gasteiger partial charge is 0.0639 e. The van der Waals surface area contributed by atoms with E-state index in [9.17, 15) is 0 Å². The number of benzene rings is 1. The van der Waals surface area contributed by atoms with Crippen LogP contribution in [-0.2, 0) is 4.74 Å². The minimum atomic E-state index is 0.811.